The molecular formula is C40H79N9O6. The molecule has 0 saturated carbocycles. The quantitative estimate of drug-likeness (QED) is 0.0414. The standard InChI is InChI=1S/C40H79N9O6/c1-30(50)24-33(17-9-13-21-42-4)46-38(53)27-34(18-10-14-22-43-5)48-40(55)29-36(25-31(2)51)49-39(54)28-35(19-11-15-23-44-6)47-37(52)26-32(45-7)16-8-12-20-41-3/h32-36,41-45H,8-29H2,1-7H3,(H,46,53)(H,47,52)(H,48,55)(H,49,54). The Bertz CT molecular complexity index is 1080. The van der Waals surface area contributed by atoms with Gasteiger partial charge in [-0.3, -0.25) is 28.8 Å². The highest BCUT2D eigenvalue weighted by Gasteiger charge is 2.25. The van der Waals surface area contributed by atoms with Crippen molar-refractivity contribution >= 4 is 35.2 Å². The van der Waals surface area contributed by atoms with E-state index in [2.05, 4.69) is 47.9 Å². The zero-order valence-electron chi connectivity index (χ0n) is 35.4. The number of carbonyl (C=O) groups excluding carboxylic acids is 6. The fraction of sp³-hybridized carbons (Fsp3) is 0.850. The normalized spacial score (nSPS) is 13.9. The van der Waals surface area contributed by atoms with Gasteiger partial charge in [0.1, 0.15) is 11.6 Å². The number of ketones is 2. The smallest absolute Gasteiger partial charge is 0.222 e. The van der Waals surface area contributed by atoms with Crippen molar-refractivity contribution in [3.63, 3.8) is 0 Å². The molecule has 9 N–H and O–H groups in total. The molecule has 0 heterocycles. The maximum absolute atomic E-state index is 13.4. The van der Waals surface area contributed by atoms with Gasteiger partial charge in [0.2, 0.25) is 23.6 Å². The van der Waals surface area contributed by atoms with Crippen molar-refractivity contribution in [3.8, 4) is 0 Å². The number of nitrogens with one attached hydrogen (secondary N) is 9. The number of hydrogen-bond donors (Lipinski definition) is 9. The van der Waals surface area contributed by atoms with Crippen molar-refractivity contribution < 1.29 is 28.8 Å². The Morgan fingerprint density at radius 2 is 0.600 bits per heavy atom. The lowest BCUT2D eigenvalue weighted by Crippen LogP contribution is -2.46. The molecule has 0 saturated heterocycles. The zero-order chi connectivity index (χ0) is 41.3. The van der Waals surface area contributed by atoms with E-state index < -0.39 is 18.1 Å². The minimum atomic E-state index is -0.742. The number of rotatable bonds is 37. The fourth-order valence-electron chi connectivity index (χ4n) is 6.70. The number of carbonyl (C=O) groups is 6. The Morgan fingerprint density at radius 1 is 0.345 bits per heavy atom. The highest BCUT2D eigenvalue weighted by molar-refractivity contribution is 5.84. The van der Waals surface area contributed by atoms with Crippen LogP contribution in [0.3, 0.4) is 0 Å². The molecule has 0 rings (SSSR count). The van der Waals surface area contributed by atoms with Gasteiger partial charge in [-0.05, 0) is 127 Å². The monoisotopic (exact) mass is 782 g/mol. The highest BCUT2D eigenvalue weighted by Crippen LogP contribution is 2.12. The van der Waals surface area contributed by atoms with E-state index in [1.165, 1.54) is 13.8 Å². The molecule has 0 aromatic heterocycles. The number of hydrogen-bond acceptors (Lipinski definition) is 11. The van der Waals surface area contributed by atoms with Gasteiger partial charge in [0, 0.05) is 68.7 Å². The van der Waals surface area contributed by atoms with Crippen molar-refractivity contribution in [2.75, 3.05) is 61.4 Å². The van der Waals surface area contributed by atoms with Gasteiger partial charge in [0.05, 0.1) is 0 Å². The van der Waals surface area contributed by atoms with Gasteiger partial charge in [-0.15, -0.1) is 0 Å². The SMILES string of the molecule is CNCCCCC(CC(=O)NC(CCCCNC)CC(=O)NC(CC(C)=O)CC(=O)NC(CCCCNC)CC(=O)NC(CCCCNC)CC(C)=O)NC. The van der Waals surface area contributed by atoms with E-state index in [1.807, 2.05) is 35.2 Å². The topological polar surface area (TPSA) is 211 Å². The van der Waals surface area contributed by atoms with Crippen LogP contribution in [-0.2, 0) is 28.8 Å². The van der Waals surface area contributed by atoms with Crippen molar-refractivity contribution in [2.45, 2.75) is 160 Å². The molecule has 0 aromatic rings. The van der Waals surface area contributed by atoms with Gasteiger partial charge in [-0.25, -0.2) is 0 Å². The molecule has 0 aliphatic heterocycles. The second-order valence-corrected chi connectivity index (χ2v) is 15.1. The lowest BCUT2D eigenvalue weighted by molar-refractivity contribution is -0.125. The molecule has 0 radical (unpaired) electrons. The van der Waals surface area contributed by atoms with E-state index in [9.17, 15) is 28.8 Å². The zero-order valence-corrected chi connectivity index (χ0v) is 35.4. The lowest BCUT2D eigenvalue weighted by Gasteiger charge is -2.24. The summed E-state index contributed by atoms with van der Waals surface area (Å²) in [4.78, 5) is 77.4. The largest absolute Gasteiger partial charge is 0.353 e. The molecule has 0 fully saturated rings. The van der Waals surface area contributed by atoms with Crippen molar-refractivity contribution in [1.29, 1.82) is 0 Å². The molecule has 0 aromatic carbocycles. The van der Waals surface area contributed by atoms with Crippen LogP contribution in [0.4, 0.5) is 0 Å². The lowest BCUT2D eigenvalue weighted by atomic mass is 10.0. The molecule has 15 nitrogen and oxygen atoms in total. The first kappa shape index (κ1) is 52.0. The summed E-state index contributed by atoms with van der Waals surface area (Å²) < 4.78 is 0. The summed E-state index contributed by atoms with van der Waals surface area (Å²) in [5.74, 6) is -1.22. The van der Waals surface area contributed by atoms with E-state index >= 15 is 0 Å². The van der Waals surface area contributed by atoms with Crippen LogP contribution in [0.15, 0.2) is 0 Å². The van der Waals surface area contributed by atoms with Gasteiger partial charge in [-0.2, -0.15) is 0 Å². The molecule has 0 aliphatic carbocycles. The van der Waals surface area contributed by atoms with Crippen LogP contribution >= 0.6 is 0 Å². The van der Waals surface area contributed by atoms with Crippen LogP contribution in [0.1, 0.15) is 129 Å². The van der Waals surface area contributed by atoms with Gasteiger partial charge in [-0.1, -0.05) is 25.7 Å². The minimum absolute atomic E-state index is 0.00520. The first-order valence-electron chi connectivity index (χ1n) is 20.8. The van der Waals surface area contributed by atoms with Crippen molar-refractivity contribution in [1.82, 2.24) is 47.9 Å². The van der Waals surface area contributed by atoms with E-state index in [-0.39, 0.29) is 79.4 Å². The summed E-state index contributed by atoms with van der Waals surface area (Å²) in [6.07, 6.45) is 10.4. The van der Waals surface area contributed by atoms with Crippen LogP contribution < -0.4 is 47.9 Å². The molecule has 320 valence electrons. The molecule has 15 heteroatoms. The Kier molecular flexibility index (Phi) is 32.4. The third kappa shape index (κ3) is 30.9. The van der Waals surface area contributed by atoms with Crippen molar-refractivity contribution in [3.05, 3.63) is 0 Å². The van der Waals surface area contributed by atoms with Crippen LogP contribution in [0.2, 0.25) is 0 Å². The minimum Gasteiger partial charge on any atom is -0.353 e. The third-order valence-corrected chi connectivity index (χ3v) is 9.58. The summed E-state index contributed by atoms with van der Waals surface area (Å²) >= 11 is 0. The number of amides is 4. The number of Topliss-reactive ketones (excluding diaryl/α,β-unsaturated/α-hetero) is 2. The molecule has 4 amide bonds. The average Bonchev–Trinajstić information content (AvgIpc) is 3.10. The summed E-state index contributed by atoms with van der Waals surface area (Å²) in [7, 11) is 9.42. The predicted octanol–water partition coefficient (Wildman–Crippen LogP) is 1.59. The first-order valence-corrected chi connectivity index (χ1v) is 20.8. The van der Waals surface area contributed by atoms with Gasteiger partial charge in [0.15, 0.2) is 0 Å². The molecule has 5 atom stereocenters. The summed E-state index contributed by atoms with van der Waals surface area (Å²) in [6.45, 7) is 6.35. The second kappa shape index (κ2) is 34.3. The molecule has 0 bridgehead atoms. The van der Waals surface area contributed by atoms with E-state index in [0.717, 1.165) is 84.0 Å². The van der Waals surface area contributed by atoms with Gasteiger partial charge >= 0.3 is 0 Å². The molecule has 55 heavy (non-hydrogen) atoms. The summed E-state index contributed by atoms with van der Waals surface area (Å²) in [5, 5.41) is 27.7. The Hall–Kier alpha value is -2.98. The van der Waals surface area contributed by atoms with Crippen LogP contribution in [0.5, 0.6) is 0 Å². The Labute approximate surface area is 332 Å². The van der Waals surface area contributed by atoms with Gasteiger partial charge < -0.3 is 47.9 Å². The first-order chi connectivity index (χ1) is 26.4. The maximum atomic E-state index is 13.4. The van der Waals surface area contributed by atoms with Crippen molar-refractivity contribution in [2.24, 2.45) is 0 Å². The number of unbranched alkanes of at least 4 members (excludes halogenated alkanes) is 4. The fourth-order valence-corrected chi connectivity index (χ4v) is 6.70. The Morgan fingerprint density at radius 3 is 0.909 bits per heavy atom. The summed E-state index contributed by atoms with van der Waals surface area (Å²) in [5.41, 5.74) is 0. The highest BCUT2D eigenvalue weighted by atomic mass is 16.2. The van der Waals surface area contributed by atoms with E-state index in [0.29, 0.717) is 25.7 Å². The molecule has 0 spiro atoms. The molecular weight excluding hydrogens is 702 g/mol. The van der Waals surface area contributed by atoms with Crippen LogP contribution in [-0.4, -0.2) is 127 Å². The molecule has 0 aliphatic rings. The third-order valence-electron chi connectivity index (χ3n) is 9.58. The molecule has 5 unspecified atom stereocenters. The maximum Gasteiger partial charge on any atom is 0.222 e. The summed E-state index contributed by atoms with van der Waals surface area (Å²) in [6, 6.07) is -1.83. The Balaban J connectivity index is 5.61. The van der Waals surface area contributed by atoms with E-state index in [1.54, 1.807) is 0 Å². The predicted molar refractivity (Wildman–Crippen MR) is 221 cm³/mol. The van der Waals surface area contributed by atoms with E-state index in [4.69, 9.17) is 0 Å². The van der Waals surface area contributed by atoms with Crippen LogP contribution in [0, 0.1) is 0 Å². The average molecular weight is 782 g/mol. The second-order valence-electron chi connectivity index (χ2n) is 15.1. The van der Waals surface area contributed by atoms with Crippen LogP contribution in [0.25, 0.3) is 0 Å². The van der Waals surface area contributed by atoms with Gasteiger partial charge in [0.25, 0.3) is 0 Å².